The van der Waals surface area contributed by atoms with Crippen molar-refractivity contribution in [2.24, 2.45) is 0 Å². The largest absolute Gasteiger partial charge is 0.611 e. The molecule has 0 N–H and O–H groups in total. The molecule has 3 aromatic rings. The van der Waals surface area contributed by atoms with Gasteiger partial charge < -0.3 is 9.29 Å². The van der Waals surface area contributed by atoms with Gasteiger partial charge in [-0.05, 0) is 53.8 Å². The standard InChI is InChI=1S/C22H21F3N2O3S/c1-3-30-21(28)14-27-19(13-20(26-27)22(23,24)25)16-10-8-15(9-11-16)17-6-5-7-18(12-17)31(29)4-2/h5-13H,3-4,14H2,1-2H3. The minimum Gasteiger partial charge on any atom is -0.611 e. The van der Waals surface area contributed by atoms with E-state index in [2.05, 4.69) is 5.10 Å². The fourth-order valence-corrected chi connectivity index (χ4v) is 3.88. The Morgan fingerprint density at radius 2 is 1.74 bits per heavy atom. The highest BCUT2D eigenvalue weighted by atomic mass is 32.2. The molecule has 0 amide bonds. The second kappa shape index (κ2) is 9.57. The Hall–Kier alpha value is -2.78. The summed E-state index contributed by atoms with van der Waals surface area (Å²) in [6, 6.07) is 15.1. The zero-order chi connectivity index (χ0) is 22.6. The summed E-state index contributed by atoms with van der Waals surface area (Å²) in [5, 5.41) is 3.56. The maximum Gasteiger partial charge on any atom is 0.435 e. The highest BCUT2D eigenvalue weighted by Gasteiger charge is 2.35. The fourth-order valence-electron chi connectivity index (χ4n) is 3.05. The Kier molecular flexibility index (Phi) is 7.07. The van der Waals surface area contributed by atoms with E-state index in [1.54, 1.807) is 37.3 Å². The van der Waals surface area contributed by atoms with E-state index in [4.69, 9.17) is 4.74 Å². The zero-order valence-corrected chi connectivity index (χ0v) is 17.8. The first-order valence-corrected chi connectivity index (χ1v) is 10.9. The number of hydrogen-bond acceptors (Lipinski definition) is 4. The molecule has 0 aliphatic rings. The average molecular weight is 450 g/mol. The van der Waals surface area contributed by atoms with Crippen LogP contribution in [0.25, 0.3) is 22.4 Å². The lowest BCUT2D eigenvalue weighted by atomic mass is 10.0. The van der Waals surface area contributed by atoms with E-state index in [0.29, 0.717) is 16.2 Å². The third-order valence-corrected chi connectivity index (χ3v) is 5.83. The SMILES string of the molecule is CCOC(=O)Cn1nc(C(F)(F)F)cc1-c1ccc(-c2cccc([S+]([O-])CC)c2)cc1. The molecule has 1 atom stereocenters. The Morgan fingerprint density at radius 1 is 1.06 bits per heavy atom. The third kappa shape index (κ3) is 5.48. The molecule has 0 aliphatic carbocycles. The molecule has 0 aliphatic heterocycles. The second-order valence-corrected chi connectivity index (χ2v) is 8.35. The number of rotatable bonds is 7. The molecule has 31 heavy (non-hydrogen) atoms. The second-order valence-electron chi connectivity index (χ2n) is 6.61. The molecule has 0 saturated heterocycles. The smallest absolute Gasteiger partial charge is 0.435 e. The van der Waals surface area contributed by atoms with E-state index >= 15 is 0 Å². The van der Waals surface area contributed by atoms with E-state index in [1.807, 2.05) is 25.1 Å². The summed E-state index contributed by atoms with van der Waals surface area (Å²) in [4.78, 5) is 12.5. The van der Waals surface area contributed by atoms with Gasteiger partial charge in [0.1, 0.15) is 12.3 Å². The van der Waals surface area contributed by atoms with E-state index < -0.39 is 35.6 Å². The predicted octanol–water partition coefficient (Wildman–Crippen LogP) is 4.93. The first-order valence-electron chi connectivity index (χ1n) is 9.62. The van der Waals surface area contributed by atoms with Crippen molar-refractivity contribution in [1.29, 1.82) is 0 Å². The zero-order valence-electron chi connectivity index (χ0n) is 17.0. The molecule has 0 spiro atoms. The minimum atomic E-state index is -4.63. The number of nitrogens with zero attached hydrogens (tertiary/aromatic N) is 2. The van der Waals surface area contributed by atoms with Crippen LogP contribution in [0.3, 0.4) is 0 Å². The highest BCUT2D eigenvalue weighted by molar-refractivity contribution is 7.91. The highest BCUT2D eigenvalue weighted by Crippen LogP contribution is 2.33. The van der Waals surface area contributed by atoms with Gasteiger partial charge in [-0.1, -0.05) is 36.4 Å². The fraction of sp³-hybridized carbons (Fsp3) is 0.273. The molecular formula is C22H21F3N2O3S. The summed E-state index contributed by atoms with van der Waals surface area (Å²) in [6.45, 7) is 3.16. The van der Waals surface area contributed by atoms with Gasteiger partial charge in [0, 0.05) is 6.07 Å². The lowest BCUT2D eigenvalue weighted by molar-refractivity contribution is -0.146. The quantitative estimate of drug-likeness (QED) is 0.378. The van der Waals surface area contributed by atoms with Crippen LogP contribution in [0.1, 0.15) is 19.5 Å². The van der Waals surface area contributed by atoms with Crippen LogP contribution in [0.15, 0.2) is 59.5 Å². The van der Waals surface area contributed by atoms with Gasteiger partial charge in [-0.3, -0.25) is 9.48 Å². The van der Waals surface area contributed by atoms with Crippen molar-refractivity contribution < 1.29 is 27.3 Å². The van der Waals surface area contributed by atoms with Gasteiger partial charge in [-0.25, -0.2) is 0 Å². The number of ether oxygens (including phenoxy) is 1. The maximum atomic E-state index is 13.2. The molecule has 9 heteroatoms. The van der Waals surface area contributed by atoms with Gasteiger partial charge in [-0.15, -0.1) is 0 Å². The van der Waals surface area contributed by atoms with Crippen molar-refractivity contribution in [2.45, 2.75) is 31.5 Å². The number of carbonyl (C=O) groups is 1. The number of aromatic nitrogens is 2. The summed E-state index contributed by atoms with van der Waals surface area (Å²) in [5.41, 5.74) is 1.23. The van der Waals surface area contributed by atoms with Crippen LogP contribution in [-0.2, 0) is 33.4 Å². The van der Waals surface area contributed by atoms with E-state index in [1.165, 1.54) is 0 Å². The Labute approximate surface area is 181 Å². The Morgan fingerprint density at radius 3 is 2.35 bits per heavy atom. The third-order valence-electron chi connectivity index (χ3n) is 4.53. The molecule has 1 heterocycles. The summed E-state index contributed by atoms with van der Waals surface area (Å²) in [6.07, 6.45) is -4.63. The number of halogens is 3. The van der Waals surface area contributed by atoms with Crippen LogP contribution in [0.2, 0.25) is 0 Å². The molecule has 1 unspecified atom stereocenters. The van der Waals surface area contributed by atoms with Crippen molar-refractivity contribution in [1.82, 2.24) is 9.78 Å². The molecule has 3 rings (SSSR count). The monoisotopic (exact) mass is 450 g/mol. The van der Waals surface area contributed by atoms with Gasteiger partial charge in [0.05, 0.1) is 12.3 Å². The van der Waals surface area contributed by atoms with Gasteiger partial charge in [0.25, 0.3) is 0 Å². The van der Waals surface area contributed by atoms with E-state index in [9.17, 15) is 22.5 Å². The van der Waals surface area contributed by atoms with Gasteiger partial charge in [0.2, 0.25) is 0 Å². The molecule has 5 nitrogen and oxygen atoms in total. The van der Waals surface area contributed by atoms with Crippen LogP contribution in [0.4, 0.5) is 13.2 Å². The van der Waals surface area contributed by atoms with Crippen LogP contribution >= 0.6 is 0 Å². The Bertz CT molecular complexity index is 1050. The van der Waals surface area contributed by atoms with Gasteiger partial charge in [0.15, 0.2) is 10.6 Å². The molecule has 0 fully saturated rings. The van der Waals surface area contributed by atoms with Crippen LogP contribution < -0.4 is 0 Å². The van der Waals surface area contributed by atoms with Crippen molar-refractivity contribution in [3.05, 3.63) is 60.3 Å². The number of alkyl halides is 3. The number of carbonyl (C=O) groups excluding carboxylic acids is 1. The lowest BCUT2D eigenvalue weighted by Gasteiger charge is -2.10. The molecule has 164 valence electrons. The summed E-state index contributed by atoms with van der Waals surface area (Å²) in [5.74, 6) is -0.160. The van der Waals surface area contributed by atoms with Crippen LogP contribution in [0.5, 0.6) is 0 Å². The van der Waals surface area contributed by atoms with Crippen LogP contribution in [-0.4, -0.2) is 32.7 Å². The molecule has 1 aromatic heterocycles. The molecule has 0 radical (unpaired) electrons. The molecular weight excluding hydrogens is 429 g/mol. The summed E-state index contributed by atoms with van der Waals surface area (Å²) >= 11 is -1.09. The summed E-state index contributed by atoms with van der Waals surface area (Å²) in [7, 11) is 0. The van der Waals surface area contributed by atoms with Crippen molar-refractivity contribution in [3.63, 3.8) is 0 Å². The average Bonchev–Trinajstić information content (AvgIpc) is 3.17. The van der Waals surface area contributed by atoms with E-state index in [-0.39, 0.29) is 12.3 Å². The summed E-state index contributed by atoms with van der Waals surface area (Å²) < 4.78 is 57.5. The van der Waals surface area contributed by atoms with Gasteiger partial charge >= 0.3 is 12.1 Å². The van der Waals surface area contributed by atoms with Crippen LogP contribution in [0, 0.1) is 0 Å². The number of hydrogen-bond donors (Lipinski definition) is 0. The van der Waals surface area contributed by atoms with Crippen molar-refractivity contribution in [2.75, 3.05) is 12.4 Å². The first kappa shape index (κ1) is 22.9. The molecule has 0 bridgehead atoms. The number of benzene rings is 2. The normalized spacial score (nSPS) is 12.6. The molecule has 2 aromatic carbocycles. The topological polar surface area (TPSA) is 67.2 Å². The van der Waals surface area contributed by atoms with E-state index in [0.717, 1.165) is 21.9 Å². The van der Waals surface area contributed by atoms with Crippen molar-refractivity contribution >= 4 is 17.1 Å². The van der Waals surface area contributed by atoms with Crippen molar-refractivity contribution in [3.8, 4) is 22.4 Å². The lowest BCUT2D eigenvalue weighted by Crippen LogP contribution is -2.16. The van der Waals surface area contributed by atoms with Gasteiger partial charge in [-0.2, -0.15) is 18.3 Å². The maximum absolute atomic E-state index is 13.2. The first-order chi connectivity index (χ1) is 14.7. The Balaban J connectivity index is 1.94. The predicted molar refractivity (Wildman–Crippen MR) is 112 cm³/mol. The molecule has 0 saturated carbocycles. The number of esters is 1. The minimum absolute atomic E-state index is 0.123.